The van der Waals surface area contributed by atoms with Crippen LogP contribution < -0.4 is 0 Å². The average molecular weight is 228 g/mol. The van der Waals surface area contributed by atoms with Crippen LogP contribution in [-0.2, 0) is 0 Å². The highest BCUT2D eigenvalue weighted by atomic mass is 127. The Kier molecular flexibility index (Phi) is 1.53. The molecule has 1 rings (SSSR count). The van der Waals surface area contributed by atoms with E-state index in [4.69, 9.17) is 11.6 Å². The first-order chi connectivity index (χ1) is 3.29. The Morgan fingerprint density at radius 3 is 2.71 bits per heavy atom. The number of imidazole rings is 1. The van der Waals surface area contributed by atoms with E-state index in [-0.39, 0.29) is 0 Å². The van der Waals surface area contributed by atoms with Gasteiger partial charge in [-0.2, -0.15) is 0 Å². The fraction of sp³-hybridized carbons (Fsp3) is 0. The van der Waals surface area contributed by atoms with Crippen LogP contribution in [0.5, 0.6) is 0 Å². The lowest BCUT2D eigenvalue weighted by Gasteiger charge is -1.67. The van der Waals surface area contributed by atoms with Gasteiger partial charge in [0, 0.05) is 6.20 Å². The second-order valence-electron chi connectivity index (χ2n) is 1.01. The number of H-pyrrole nitrogens is 1. The number of aromatic amines is 1. The minimum atomic E-state index is 0.449. The zero-order valence-corrected chi connectivity index (χ0v) is 6.19. The molecule has 0 bridgehead atoms. The van der Waals surface area contributed by atoms with Crippen LogP contribution in [0.15, 0.2) is 6.20 Å². The minimum Gasteiger partial charge on any atom is -0.334 e. The Bertz CT molecular complexity index is 145. The van der Waals surface area contributed by atoms with Crippen LogP contribution in [0.2, 0.25) is 5.28 Å². The molecular formula is C3H2ClIN2. The summed E-state index contributed by atoms with van der Waals surface area (Å²) in [6, 6.07) is 0. The maximum atomic E-state index is 5.39. The van der Waals surface area contributed by atoms with Crippen LogP contribution in [0, 0.1) is 3.70 Å². The van der Waals surface area contributed by atoms with Gasteiger partial charge in [-0.25, -0.2) is 4.98 Å². The van der Waals surface area contributed by atoms with Crippen molar-refractivity contribution in [3.8, 4) is 0 Å². The zero-order chi connectivity index (χ0) is 5.28. The number of nitrogens with one attached hydrogen (secondary N) is 1. The summed E-state index contributed by atoms with van der Waals surface area (Å²) in [4.78, 5) is 6.52. The number of hydrogen-bond acceptors (Lipinski definition) is 1. The molecular weight excluding hydrogens is 226 g/mol. The van der Waals surface area contributed by atoms with Crippen LogP contribution >= 0.6 is 34.2 Å². The Morgan fingerprint density at radius 2 is 2.57 bits per heavy atom. The monoisotopic (exact) mass is 228 g/mol. The summed E-state index contributed by atoms with van der Waals surface area (Å²) in [6.45, 7) is 0. The molecule has 0 aromatic carbocycles. The average Bonchev–Trinajstić information content (AvgIpc) is 1.87. The van der Waals surface area contributed by atoms with E-state index in [9.17, 15) is 0 Å². The Hall–Kier alpha value is 0.230. The number of halogens is 2. The molecule has 0 saturated carbocycles. The van der Waals surface area contributed by atoms with Gasteiger partial charge in [-0.05, 0) is 34.2 Å². The molecule has 0 radical (unpaired) electrons. The van der Waals surface area contributed by atoms with Crippen molar-refractivity contribution in [3.05, 3.63) is 15.2 Å². The number of aromatic nitrogens is 2. The van der Waals surface area contributed by atoms with Crippen LogP contribution in [0.4, 0.5) is 0 Å². The number of nitrogens with zero attached hydrogens (tertiary/aromatic N) is 1. The van der Waals surface area contributed by atoms with Gasteiger partial charge in [0.15, 0.2) is 0 Å². The summed E-state index contributed by atoms with van der Waals surface area (Å²) in [6.07, 6.45) is 1.74. The van der Waals surface area contributed by atoms with Gasteiger partial charge < -0.3 is 4.98 Å². The SMILES string of the molecule is Clc1nc(I)c[nH]1. The van der Waals surface area contributed by atoms with Crippen molar-refractivity contribution in [2.75, 3.05) is 0 Å². The lowest BCUT2D eigenvalue weighted by molar-refractivity contribution is 1.30. The second-order valence-corrected chi connectivity index (χ2v) is 2.48. The molecule has 0 amide bonds. The van der Waals surface area contributed by atoms with Gasteiger partial charge in [0.05, 0.1) is 0 Å². The van der Waals surface area contributed by atoms with E-state index >= 15 is 0 Å². The van der Waals surface area contributed by atoms with Crippen molar-refractivity contribution in [1.82, 2.24) is 9.97 Å². The van der Waals surface area contributed by atoms with Gasteiger partial charge >= 0.3 is 0 Å². The Labute approximate surface area is 59.4 Å². The van der Waals surface area contributed by atoms with Gasteiger partial charge in [0.1, 0.15) is 3.70 Å². The molecule has 7 heavy (non-hydrogen) atoms. The number of hydrogen-bond donors (Lipinski definition) is 1. The molecule has 0 unspecified atom stereocenters. The third-order valence-corrected chi connectivity index (χ3v) is 1.26. The normalized spacial score (nSPS) is 9.43. The zero-order valence-electron chi connectivity index (χ0n) is 3.28. The van der Waals surface area contributed by atoms with Crippen molar-refractivity contribution < 1.29 is 0 Å². The van der Waals surface area contributed by atoms with Crippen LogP contribution in [0.1, 0.15) is 0 Å². The van der Waals surface area contributed by atoms with E-state index in [1.807, 2.05) is 0 Å². The van der Waals surface area contributed by atoms with Gasteiger partial charge in [0.25, 0.3) is 0 Å². The molecule has 4 heteroatoms. The molecule has 0 spiro atoms. The quantitative estimate of drug-likeness (QED) is 0.672. The lowest BCUT2D eigenvalue weighted by atomic mass is 11.0. The summed E-state index contributed by atoms with van der Waals surface area (Å²) in [7, 11) is 0. The third-order valence-electron chi connectivity index (χ3n) is 0.515. The minimum absolute atomic E-state index is 0.449. The van der Waals surface area contributed by atoms with E-state index < -0.39 is 0 Å². The molecule has 0 aliphatic heterocycles. The summed E-state index contributed by atoms with van der Waals surface area (Å²) >= 11 is 7.46. The van der Waals surface area contributed by atoms with E-state index in [2.05, 4.69) is 32.6 Å². The van der Waals surface area contributed by atoms with E-state index in [1.54, 1.807) is 6.20 Å². The standard InChI is InChI=1S/C3H2ClIN2/c4-3-6-1-2(5)7-3/h1H,(H,6,7). The molecule has 1 aromatic heterocycles. The summed E-state index contributed by atoms with van der Waals surface area (Å²) < 4.78 is 0.891. The molecule has 1 heterocycles. The van der Waals surface area contributed by atoms with Crippen LogP contribution in [0.3, 0.4) is 0 Å². The fourth-order valence-corrected chi connectivity index (χ4v) is 0.963. The predicted octanol–water partition coefficient (Wildman–Crippen LogP) is 1.67. The molecule has 1 aromatic rings. The van der Waals surface area contributed by atoms with E-state index in [0.29, 0.717) is 5.28 Å². The van der Waals surface area contributed by atoms with Crippen molar-refractivity contribution in [1.29, 1.82) is 0 Å². The molecule has 1 N–H and O–H groups in total. The van der Waals surface area contributed by atoms with E-state index in [0.717, 1.165) is 3.70 Å². The largest absolute Gasteiger partial charge is 0.334 e. The first-order valence-electron chi connectivity index (χ1n) is 1.65. The summed E-state index contributed by atoms with van der Waals surface area (Å²) in [5.41, 5.74) is 0. The van der Waals surface area contributed by atoms with Gasteiger partial charge in [-0.3, -0.25) is 0 Å². The maximum Gasteiger partial charge on any atom is 0.201 e. The summed E-state index contributed by atoms with van der Waals surface area (Å²) in [5.74, 6) is 0. The van der Waals surface area contributed by atoms with Crippen molar-refractivity contribution in [2.24, 2.45) is 0 Å². The second kappa shape index (κ2) is 2.00. The molecule has 0 aliphatic rings. The Morgan fingerprint density at radius 1 is 1.86 bits per heavy atom. The van der Waals surface area contributed by atoms with Crippen LogP contribution in [0.25, 0.3) is 0 Å². The molecule has 2 nitrogen and oxygen atoms in total. The molecule has 0 aliphatic carbocycles. The molecule has 0 atom stereocenters. The Balaban J connectivity index is 3.04. The highest BCUT2D eigenvalue weighted by Crippen LogP contribution is 2.03. The predicted molar refractivity (Wildman–Crippen MR) is 36.3 cm³/mol. The van der Waals surface area contributed by atoms with Crippen molar-refractivity contribution in [2.45, 2.75) is 0 Å². The molecule has 0 fully saturated rings. The maximum absolute atomic E-state index is 5.39. The first kappa shape index (κ1) is 5.37. The topological polar surface area (TPSA) is 28.7 Å². The molecule has 0 saturated heterocycles. The lowest BCUT2D eigenvalue weighted by Crippen LogP contribution is -1.62. The van der Waals surface area contributed by atoms with Gasteiger partial charge in [0.2, 0.25) is 5.28 Å². The first-order valence-corrected chi connectivity index (χ1v) is 3.11. The summed E-state index contributed by atoms with van der Waals surface area (Å²) in [5, 5.41) is 0.449. The smallest absolute Gasteiger partial charge is 0.201 e. The number of rotatable bonds is 0. The van der Waals surface area contributed by atoms with E-state index in [1.165, 1.54) is 0 Å². The third kappa shape index (κ3) is 1.31. The highest BCUT2D eigenvalue weighted by Gasteiger charge is 1.88. The molecule has 38 valence electrons. The highest BCUT2D eigenvalue weighted by molar-refractivity contribution is 14.1. The van der Waals surface area contributed by atoms with Crippen LogP contribution in [-0.4, -0.2) is 9.97 Å². The van der Waals surface area contributed by atoms with Crippen molar-refractivity contribution in [3.63, 3.8) is 0 Å². The van der Waals surface area contributed by atoms with Gasteiger partial charge in [-0.1, -0.05) is 0 Å². The fourth-order valence-electron chi connectivity index (χ4n) is 0.277. The van der Waals surface area contributed by atoms with Crippen molar-refractivity contribution >= 4 is 34.2 Å². The van der Waals surface area contributed by atoms with Gasteiger partial charge in [-0.15, -0.1) is 0 Å².